The summed E-state index contributed by atoms with van der Waals surface area (Å²) in [7, 11) is 0. The van der Waals surface area contributed by atoms with Gasteiger partial charge < -0.3 is 15.4 Å². The van der Waals surface area contributed by atoms with Crippen LogP contribution in [0.2, 0.25) is 0 Å². The highest BCUT2D eigenvalue weighted by Crippen LogP contribution is 2.43. The van der Waals surface area contributed by atoms with Gasteiger partial charge in [-0.1, -0.05) is 18.6 Å². The van der Waals surface area contributed by atoms with Gasteiger partial charge in [0.25, 0.3) is 0 Å². The fraction of sp³-hybridized carbons (Fsp3) is 0.364. The molecular weight excluding hydrogens is 340 g/mol. The number of aryl methyl sites for hydroxylation is 1. The summed E-state index contributed by atoms with van der Waals surface area (Å²) in [4.78, 5) is 25.3. The smallest absolute Gasteiger partial charge is 0.240 e. The lowest BCUT2D eigenvalue weighted by atomic mass is 9.67. The number of hydrogen-bond donors (Lipinski definition) is 2. The molecule has 2 saturated carbocycles. The lowest BCUT2D eigenvalue weighted by Crippen LogP contribution is -2.53. The molecule has 2 fully saturated rings. The highest BCUT2D eigenvalue weighted by atomic mass is 16.5. The normalized spacial score (nSPS) is 17.5. The highest BCUT2D eigenvalue weighted by Gasteiger charge is 2.51. The van der Waals surface area contributed by atoms with Crippen LogP contribution in [0.15, 0.2) is 48.5 Å². The van der Waals surface area contributed by atoms with E-state index in [-0.39, 0.29) is 17.9 Å². The molecule has 2 N–H and O–H groups in total. The minimum atomic E-state index is -0.903. The first-order valence-electron chi connectivity index (χ1n) is 9.52. The van der Waals surface area contributed by atoms with Gasteiger partial charge in [0.1, 0.15) is 16.9 Å². The Hall–Kier alpha value is -2.82. The third kappa shape index (κ3) is 3.82. The highest BCUT2D eigenvalue weighted by molar-refractivity contribution is 6.11. The number of rotatable bonds is 6. The van der Waals surface area contributed by atoms with Crippen molar-refractivity contribution < 1.29 is 14.3 Å². The van der Waals surface area contributed by atoms with Crippen molar-refractivity contribution in [2.45, 2.75) is 45.1 Å². The molecule has 2 amide bonds. The van der Waals surface area contributed by atoms with Gasteiger partial charge in [-0.3, -0.25) is 9.59 Å². The zero-order valence-corrected chi connectivity index (χ0v) is 15.5. The molecule has 0 heterocycles. The molecule has 5 heteroatoms. The fourth-order valence-electron chi connectivity index (χ4n) is 3.31. The number of ether oxygens (including phenoxy) is 1. The molecule has 4 rings (SSSR count). The monoisotopic (exact) mass is 364 g/mol. The van der Waals surface area contributed by atoms with Crippen molar-refractivity contribution in [1.29, 1.82) is 0 Å². The van der Waals surface area contributed by atoms with E-state index in [1.165, 1.54) is 0 Å². The summed E-state index contributed by atoms with van der Waals surface area (Å²) in [6.45, 7) is 2.02. The second-order valence-corrected chi connectivity index (χ2v) is 7.58. The average Bonchev–Trinajstić information content (AvgIpc) is 3.39. The SMILES string of the molecule is Cc1cccc(Oc2ccc(NC(=O)C3(C(=O)NC4CC4)CCC3)cc2)c1. The molecule has 0 radical (unpaired) electrons. The lowest BCUT2D eigenvalue weighted by molar-refractivity contribution is -0.146. The predicted molar refractivity (Wildman–Crippen MR) is 104 cm³/mol. The number of carbonyl (C=O) groups is 2. The van der Waals surface area contributed by atoms with Crippen molar-refractivity contribution in [3.63, 3.8) is 0 Å². The van der Waals surface area contributed by atoms with Crippen LogP contribution in [-0.2, 0) is 9.59 Å². The molecular formula is C22H24N2O3. The minimum absolute atomic E-state index is 0.117. The van der Waals surface area contributed by atoms with Crippen LogP contribution in [0.5, 0.6) is 11.5 Å². The Labute approximate surface area is 159 Å². The summed E-state index contributed by atoms with van der Waals surface area (Å²) < 4.78 is 5.83. The molecule has 2 aromatic carbocycles. The molecule has 0 unspecified atom stereocenters. The number of benzene rings is 2. The lowest BCUT2D eigenvalue weighted by Gasteiger charge is -2.38. The van der Waals surface area contributed by atoms with Crippen molar-refractivity contribution in [3.05, 3.63) is 54.1 Å². The van der Waals surface area contributed by atoms with Gasteiger partial charge in [0, 0.05) is 11.7 Å². The summed E-state index contributed by atoms with van der Waals surface area (Å²) in [6.07, 6.45) is 4.18. The zero-order chi connectivity index (χ0) is 18.9. The molecule has 0 aromatic heterocycles. The first-order chi connectivity index (χ1) is 13.0. The third-order valence-electron chi connectivity index (χ3n) is 5.33. The Kier molecular flexibility index (Phi) is 4.60. The molecule has 27 heavy (non-hydrogen) atoms. The number of amides is 2. The van der Waals surface area contributed by atoms with Gasteiger partial charge in [-0.05, 0) is 74.6 Å². The Balaban J connectivity index is 1.40. The topological polar surface area (TPSA) is 67.4 Å². The molecule has 140 valence electrons. The molecule has 0 bridgehead atoms. The van der Waals surface area contributed by atoms with Gasteiger partial charge in [0.05, 0.1) is 0 Å². The van der Waals surface area contributed by atoms with Gasteiger partial charge in [-0.2, -0.15) is 0 Å². The molecule has 0 spiro atoms. The van der Waals surface area contributed by atoms with E-state index in [0.29, 0.717) is 24.3 Å². The van der Waals surface area contributed by atoms with Crippen molar-refractivity contribution in [2.75, 3.05) is 5.32 Å². The maximum Gasteiger partial charge on any atom is 0.240 e. The molecule has 2 aliphatic carbocycles. The number of nitrogens with one attached hydrogen (secondary N) is 2. The first kappa shape index (κ1) is 17.6. The maximum atomic E-state index is 12.8. The van der Waals surface area contributed by atoms with E-state index in [1.54, 1.807) is 12.1 Å². The minimum Gasteiger partial charge on any atom is -0.457 e. The van der Waals surface area contributed by atoms with Crippen LogP contribution in [0.4, 0.5) is 5.69 Å². The second kappa shape index (κ2) is 7.06. The van der Waals surface area contributed by atoms with Gasteiger partial charge in [-0.25, -0.2) is 0 Å². The Morgan fingerprint density at radius 3 is 2.33 bits per heavy atom. The van der Waals surface area contributed by atoms with Crippen LogP contribution in [-0.4, -0.2) is 17.9 Å². The summed E-state index contributed by atoms with van der Waals surface area (Å²) in [5, 5.41) is 5.89. The first-order valence-corrected chi connectivity index (χ1v) is 9.52. The van der Waals surface area contributed by atoms with Gasteiger partial charge in [0.2, 0.25) is 11.8 Å². The van der Waals surface area contributed by atoms with Gasteiger partial charge in [-0.15, -0.1) is 0 Å². The molecule has 2 aromatic rings. The number of anilines is 1. The van der Waals surface area contributed by atoms with E-state index in [4.69, 9.17) is 4.74 Å². The standard InChI is InChI=1S/C22H24N2O3/c1-15-4-2-5-19(14-15)27-18-10-8-17(9-11-18)24-21(26)22(12-3-13-22)20(25)23-16-6-7-16/h2,4-5,8-11,14,16H,3,6-7,12-13H2,1H3,(H,23,25)(H,24,26). The van der Waals surface area contributed by atoms with Crippen molar-refractivity contribution in [1.82, 2.24) is 5.32 Å². The Morgan fingerprint density at radius 2 is 1.74 bits per heavy atom. The van der Waals surface area contributed by atoms with Crippen molar-refractivity contribution in [2.24, 2.45) is 5.41 Å². The fourth-order valence-corrected chi connectivity index (χ4v) is 3.31. The van der Waals surface area contributed by atoms with E-state index >= 15 is 0 Å². The van der Waals surface area contributed by atoms with Crippen LogP contribution in [0.1, 0.15) is 37.7 Å². The quantitative estimate of drug-likeness (QED) is 0.756. The van der Waals surface area contributed by atoms with E-state index in [1.807, 2.05) is 43.3 Å². The summed E-state index contributed by atoms with van der Waals surface area (Å²) in [5.41, 5.74) is 0.896. The van der Waals surface area contributed by atoms with Crippen LogP contribution >= 0.6 is 0 Å². The van der Waals surface area contributed by atoms with Crippen LogP contribution in [0, 0.1) is 12.3 Å². The van der Waals surface area contributed by atoms with Crippen LogP contribution < -0.4 is 15.4 Å². The number of carbonyl (C=O) groups excluding carboxylic acids is 2. The van der Waals surface area contributed by atoms with Gasteiger partial charge >= 0.3 is 0 Å². The van der Waals surface area contributed by atoms with E-state index in [2.05, 4.69) is 10.6 Å². The molecule has 0 saturated heterocycles. The summed E-state index contributed by atoms with van der Waals surface area (Å²) in [5.74, 6) is 1.15. The van der Waals surface area contributed by atoms with Crippen LogP contribution in [0.25, 0.3) is 0 Å². The van der Waals surface area contributed by atoms with Crippen molar-refractivity contribution >= 4 is 17.5 Å². The Bertz CT molecular complexity index is 852. The molecule has 5 nitrogen and oxygen atoms in total. The average molecular weight is 364 g/mol. The molecule has 0 atom stereocenters. The zero-order valence-electron chi connectivity index (χ0n) is 15.5. The second-order valence-electron chi connectivity index (χ2n) is 7.58. The maximum absolute atomic E-state index is 12.8. The van der Waals surface area contributed by atoms with E-state index in [0.717, 1.165) is 30.6 Å². The third-order valence-corrected chi connectivity index (χ3v) is 5.33. The van der Waals surface area contributed by atoms with Crippen LogP contribution in [0.3, 0.4) is 0 Å². The summed E-state index contributed by atoms with van der Waals surface area (Å²) >= 11 is 0. The largest absolute Gasteiger partial charge is 0.457 e. The number of hydrogen-bond acceptors (Lipinski definition) is 3. The Morgan fingerprint density at radius 1 is 1.00 bits per heavy atom. The molecule has 2 aliphatic rings. The summed E-state index contributed by atoms with van der Waals surface area (Å²) in [6, 6.07) is 15.3. The predicted octanol–water partition coefficient (Wildman–Crippen LogP) is 4.17. The van der Waals surface area contributed by atoms with E-state index < -0.39 is 5.41 Å². The van der Waals surface area contributed by atoms with Crippen molar-refractivity contribution in [3.8, 4) is 11.5 Å². The molecule has 0 aliphatic heterocycles. The van der Waals surface area contributed by atoms with E-state index in [9.17, 15) is 9.59 Å². The van der Waals surface area contributed by atoms with Gasteiger partial charge in [0.15, 0.2) is 0 Å².